The number of amides is 2. The van der Waals surface area contributed by atoms with Crippen molar-refractivity contribution in [3.8, 4) is 0 Å². The summed E-state index contributed by atoms with van der Waals surface area (Å²) >= 11 is 5.09. The third-order valence-electron chi connectivity index (χ3n) is 3.16. The van der Waals surface area contributed by atoms with Gasteiger partial charge in [-0.05, 0) is 12.8 Å². The summed E-state index contributed by atoms with van der Waals surface area (Å²) in [6.45, 7) is 3.95. The predicted octanol–water partition coefficient (Wildman–Crippen LogP) is 1.06. The fourth-order valence-electron chi connectivity index (χ4n) is 2.05. The normalized spacial score (nSPS) is 10.9. The molecule has 0 aliphatic rings. The van der Waals surface area contributed by atoms with Crippen LogP contribution in [0.4, 0.5) is 0 Å². The van der Waals surface area contributed by atoms with E-state index in [0.717, 1.165) is 12.8 Å². The van der Waals surface area contributed by atoms with Crippen molar-refractivity contribution in [1.82, 2.24) is 10.2 Å². The zero-order chi connectivity index (χ0) is 15.1. The van der Waals surface area contributed by atoms with Crippen LogP contribution in [0.5, 0.6) is 0 Å². The van der Waals surface area contributed by atoms with E-state index >= 15 is 0 Å². The largest absolute Gasteiger partial charge is 0.392 e. The second-order valence-electron chi connectivity index (χ2n) is 4.92. The molecule has 0 aromatic carbocycles. The lowest BCUT2D eigenvalue weighted by atomic mass is 9.78. The minimum absolute atomic E-state index is 0.0242. The van der Waals surface area contributed by atoms with Crippen molar-refractivity contribution >= 4 is 29.0 Å². The highest BCUT2D eigenvalue weighted by molar-refractivity contribution is 7.80. The SMILES string of the molecule is CCCC(CCC)(C(=O)NCC(=O)N(C)C)C(N)=S. The van der Waals surface area contributed by atoms with Crippen LogP contribution in [-0.2, 0) is 9.59 Å². The van der Waals surface area contributed by atoms with E-state index < -0.39 is 5.41 Å². The van der Waals surface area contributed by atoms with Gasteiger partial charge in [0.25, 0.3) is 0 Å². The Labute approximate surface area is 120 Å². The maximum absolute atomic E-state index is 12.4. The first kappa shape index (κ1) is 17.8. The smallest absolute Gasteiger partial charge is 0.241 e. The molecule has 0 spiro atoms. The highest BCUT2D eigenvalue weighted by atomic mass is 32.1. The maximum Gasteiger partial charge on any atom is 0.241 e. The summed E-state index contributed by atoms with van der Waals surface area (Å²) in [6, 6.07) is 0. The molecule has 0 saturated carbocycles. The van der Waals surface area contributed by atoms with Crippen molar-refractivity contribution in [2.45, 2.75) is 39.5 Å². The van der Waals surface area contributed by atoms with Gasteiger partial charge in [-0.25, -0.2) is 0 Å². The van der Waals surface area contributed by atoms with Gasteiger partial charge in [-0.3, -0.25) is 9.59 Å². The van der Waals surface area contributed by atoms with Crippen molar-refractivity contribution < 1.29 is 9.59 Å². The Bertz CT molecular complexity index is 337. The molecule has 19 heavy (non-hydrogen) atoms. The Morgan fingerprint density at radius 2 is 1.68 bits per heavy atom. The molecule has 0 aromatic rings. The van der Waals surface area contributed by atoms with E-state index in [2.05, 4.69) is 5.32 Å². The molecule has 0 rings (SSSR count). The second kappa shape index (κ2) is 8.09. The zero-order valence-corrected chi connectivity index (χ0v) is 13.1. The molecule has 3 N–H and O–H groups in total. The van der Waals surface area contributed by atoms with Crippen LogP contribution in [0.2, 0.25) is 0 Å². The lowest BCUT2D eigenvalue weighted by Gasteiger charge is -2.31. The number of nitrogens with one attached hydrogen (secondary N) is 1. The van der Waals surface area contributed by atoms with Crippen molar-refractivity contribution in [1.29, 1.82) is 0 Å². The second-order valence-corrected chi connectivity index (χ2v) is 5.36. The van der Waals surface area contributed by atoms with E-state index in [1.165, 1.54) is 4.90 Å². The molecular formula is C13H25N3O2S. The van der Waals surface area contributed by atoms with Crippen molar-refractivity contribution in [2.24, 2.45) is 11.1 Å². The first-order valence-electron chi connectivity index (χ1n) is 6.60. The summed E-state index contributed by atoms with van der Waals surface area (Å²) in [4.78, 5) is 25.5. The number of carbonyl (C=O) groups excluding carboxylic acids is 2. The molecule has 0 bridgehead atoms. The molecule has 0 atom stereocenters. The third kappa shape index (κ3) is 4.78. The summed E-state index contributed by atoms with van der Waals surface area (Å²) in [5.41, 5.74) is 4.96. The van der Waals surface area contributed by atoms with Crippen LogP contribution >= 0.6 is 12.2 Å². The maximum atomic E-state index is 12.4. The van der Waals surface area contributed by atoms with Gasteiger partial charge in [-0.15, -0.1) is 0 Å². The molecular weight excluding hydrogens is 262 g/mol. The van der Waals surface area contributed by atoms with Gasteiger partial charge in [0, 0.05) is 14.1 Å². The molecule has 0 heterocycles. The van der Waals surface area contributed by atoms with Gasteiger partial charge in [-0.1, -0.05) is 38.9 Å². The Morgan fingerprint density at radius 3 is 2.00 bits per heavy atom. The Kier molecular flexibility index (Phi) is 7.59. The summed E-state index contributed by atoms with van der Waals surface area (Å²) in [5, 5.41) is 2.66. The minimum atomic E-state index is -0.828. The van der Waals surface area contributed by atoms with E-state index in [4.69, 9.17) is 18.0 Å². The van der Waals surface area contributed by atoms with Crippen LogP contribution in [0, 0.1) is 5.41 Å². The molecule has 0 aliphatic heterocycles. The Balaban J connectivity index is 4.90. The predicted molar refractivity (Wildman–Crippen MR) is 80.7 cm³/mol. The van der Waals surface area contributed by atoms with Crippen molar-refractivity contribution in [3.05, 3.63) is 0 Å². The van der Waals surface area contributed by atoms with E-state index in [1.807, 2.05) is 13.8 Å². The van der Waals surface area contributed by atoms with Gasteiger partial charge >= 0.3 is 0 Å². The van der Waals surface area contributed by atoms with Gasteiger partial charge in [0.05, 0.1) is 16.9 Å². The minimum Gasteiger partial charge on any atom is -0.392 e. The highest BCUT2D eigenvalue weighted by Crippen LogP contribution is 2.30. The van der Waals surface area contributed by atoms with Crippen LogP contribution in [0.1, 0.15) is 39.5 Å². The lowest BCUT2D eigenvalue weighted by Crippen LogP contribution is -2.50. The van der Waals surface area contributed by atoms with Crippen LogP contribution in [-0.4, -0.2) is 42.3 Å². The summed E-state index contributed by atoms with van der Waals surface area (Å²) in [5.74, 6) is -0.392. The summed E-state index contributed by atoms with van der Waals surface area (Å²) < 4.78 is 0. The molecule has 0 fully saturated rings. The average Bonchev–Trinajstić information content (AvgIpc) is 2.34. The molecule has 6 heteroatoms. The van der Waals surface area contributed by atoms with Crippen LogP contribution in [0.3, 0.4) is 0 Å². The van der Waals surface area contributed by atoms with E-state index in [9.17, 15) is 9.59 Å². The van der Waals surface area contributed by atoms with Gasteiger partial charge < -0.3 is 16.0 Å². The number of nitrogens with zero attached hydrogens (tertiary/aromatic N) is 1. The van der Waals surface area contributed by atoms with Gasteiger partial charge in [0.1, 0.15) is 0 Å². The quantitative estimate of drug-likeness (QED) is 0.655. The van der Waals surface area contributed by atoms with E-state index in [-0.39, 0.29) is 23.3 Å². The molecule has 110 valence electrons. The van der Waals surface area contributed by atoms with Crippen molar-refractivity contribution in [2.75, 3.05) is 20.6 Å². The highest BCUT2D eigenvalue weighted by Gasteiger charge is 2.39. The standard InChI is InChI=1S/C13H25N3O2S/c1-5-7-13(8-6-2,11(14)19)12(18)15-9-10(17)16(3)4/h5-9H2,1-4H3,(H2,14,19)(H,15,18). The first-order valence-corrected chi connectivity index (χ1v) is 7.01. The Hall–Kier alpha value is -1.17. The third-order valence-corrected chi connectivity index (χ3v) is 3.55. The summed E-state index contributed by atoms with van der Waals surface area (Å²) in [6.07, 6.45) is 2.84. The van der Waals surface area contributed by atoms with Crippen LogP contribution < -0.4 is 11.1 Å². The van der Waals surface area contributed by atoms with Gasteiger partial charge in [-0.2, -0.15) is 0 Å². The van der Waals surface area contributed by atoms with E-state index in [1.54, 1.807) is 14.1 Å². The van der Waals surface area contributed by atoms with Crippen LogP contribution in [0.25, 0.3) is 0 Å². The molecule has 2 amide bonds. The summed E-state index contributed by atoms with van der Waals surface area (Å²) in [7, 11) is 3.29. The number of rotatable bonds is 8. The topological polar surface area (TPSA) is 75.4 Å². The number of likely N-dealkylation sites (N-methyl/N-ethyl adjacent to an activating group) is 1. The molecule has 0 aromatic heterocycles. The molecule has 0 radical (unpaired) electrons. The number of thiocarbonyl (C=S) groups is 1. The average molecular weight is 287 g/mol. The lowest BCUT2D eigenvalue weighted by molar-refractivity contribution is -0.133. The fraction of sp³-hybridized carbons (Fsp3) is 0.769. The Morgan fingerprint density at radius 1 is 1.21 bits per heavy atom. The van der Waals surface area contributed by atoms with E-state index in [0.29, 0.717) is 12.8 Å². The number of hydrogen-bond acceptors (Lipinski definition) is 3. The van der Waals surface area contributed by atoms with Gasteiger partial charge in [0.2, 0.25) is 11.8 Å². The number of nitrogens with two attached hydrogens (primary N) is 1. The zero-order valence-electron chi connectivity index (χ0n) is 12.3. The number of carbonyl (C=O) groups is 2. The molecule has 0 aliphatic carbocycles. The molecule has 5 nitrogen and oxygen atoms in total. The molecule has 0 unspecified atom stereocenters. The molecule has 0 saturated heterocycles. The number of hydrogen-bond donors (Lipinski definition) is 2. The van der Waals surface area contributed by atoms with Gasteiger partial charge in [0.15, 0.2) is 0 Å². The fourth-order valence-corrected chi connectivity index (χ4v) is 2.34. The van der Waals surface area contributed by atoms with Crippen LogP contribution in [0.15, 0.2) is 0 Å². The van der Waals surface area contributed by atoms with Crippen molar-refractivity contribution in [3.63, 3.8) is 0 Å². The monoisotopic (exact) mass is 287 g/mol. The first-order chi connectivity index (χ1) is 8.81.